The van der Waals surface area contributed by atoms with E-state index in [9.17, 15) is 0 Å². The highest BCUT2D eigenvalue weighted by Gasteiger charge is 2.11. The molecule has 0 radical (unpaired) electrons. The van der Waals surface area contributed by atoms with Crippen molar-refractivity contribution in [3.05, 3.63) is 30.6 Å². The van der Waals surface area contributed by atoms with Gasteiger partial charge >= 0.3 is 0 Å². The Bertz CT molecular complexity index is 693. The van der Waals surface area contributed by atoms with Crippen molar-refractivity contribution >= 4 is 27.9 Å². The second-order valence-corrected chi connectivity index (χ2v) is 4.27. The van der Waals surface area contributed by atoms with Crippen LogP contribution in [0.15, 0.2) is 35.0 Å². The lowest BCUT2D eigenvalue weighted by molar-refractivity contribution is 0.198. The molecule has 0 atom stereocenters. The van der Waals surface area contributed by atoms with E-state index in [4.69, 9.17) is 9.15 Å². The Kier molecular flexibility index (Phi) is 3.29. The highest BCUT2D eigenvalue weighted by Crippen LogP contribution is 2.30. The molecule has 3 rings (SSSR count). The number of methoxy groups -OCH3 is 1. The maximum atomic E-state index is 5.82. The van der Waals surface area contributed by atoms with Crippen molar-refractivity contribution in [2.75, 3.05) is 25.6 Å². The average molecular weight is 257 g/mol. The Labute approximate surface area is 110 Å². The molecule has 0 aliphatic rings. The summed E-state index contributed by atoms with van der Waals surface area (Å²) in [6.07, 6.45) is 2.48. The van der Waals surface area contributed by atoms with Gasteiger partial charge in [-0.25, -0.2) is 9.97 Å². The molecule has 0 saturated carbocycles. The van der Waals surface area contributed by atoms with Crippen LogP contribution >= 0.6 is 0 Å². The summed E-state index contributed by atoms with van der Waals surface area (Å²) in [6, 6.07) is 7.86. The van der Waals surface area contributed by atoms with Crippen molar-refractivity contribution in [1.82, 2.24) is 9.97 Å². The van der Waals surface area contributed by atoms with Crippen molar-refractivity contribution in [1.29, 1.82) is 0 Å². The third-order valence-electron chi connectivity index (χ3n) is 2.98. The van der Waals surface area contributed by atoms with Crippen LogP contribution in [-0.2, 0) is 4.74 Å². The van der Waals surface area contributed by atoms with E-state index in [0.717, 1.165) is 41.9 Å². The van der Waals surface area contributed by atoms with E-state index in [1.165, 1.54) is 0 Å². The van der Waals surface area contributed by atoms with Gasteiger partial charge < -0.3 is 14.5 Å². The molecule has 3 aromatic rings. The quantitative estimate of drug-likeness (QED) is 0.712. The van der Waals surface area contributed by atoms with Gasteiger partial charge in [0.15, 0.2) is 11.4 Å². The number of nitrogens with zero attached hydrogens (tertiary/aromatic N) is 2. The van der Waals surface area contributed by atoms with Crippen molar-refractivity contribution in [2.24, 2.45) is 0 Å². The van der Waals surface area contributed by atoms with Crippen molar-refractivity contribution < 1.29 is 9.15 Å². The molecule has 0 unspecified atom stereocenters. The molecule has 1 aromatic carbocycles. The topological polar surface area (TPSA) is 60.2 Å². The molecule has 0 fully saturated rings. The van der Waals surface area contributed by atoms with Gasteiger partial charge in [0.05, 0.1) is 0 Å². The van der Waals surface area contributed by atoms with Crippen LogP contribution in [0.25, 0.3) is 22.1 Å². The summed E-state index contributed by atoms with van der Waals surface area (Å²) in [5.41, 5.74) is 2.39. The van der Waals surface area contributed by atoms with Crippen LogP contribution in [0.4, 0.5) is 5.82 Å². The molecule has 19 heavy (non-hydrogen) atoms. The summed E-state index contributed by atoms with van der Waals surface area (Å²) < 4.78 is 10.8. The Hall–Kier alpha value is -2.14. The van der Waals surface area contributed by atoms with Crippen LogP contribution < -0.4 is 5.32 Å². The molecule has 0 aliphatic carbocycles. The van der Waals surface area contributed by atoms with E-state index < -0.39 is 0 Å². The first-order chi connectivity index (χ1) is 9.40. The number of anilines is 1. The van der Waals surface area contributed by atoms with Gasteiger partial charge in [-0.1, -0.05) is 12.1 Å². The van der Waals surface area contributed by atoms with Crippen molar-refractivity contribution in [3.8, 4) is 0 Å². The molecule has 2 heterocycles. The highest BCUT2D eigenvalue weighted by molar-refractivity contribution is 6.05. The zero-order valence-corrected chi connectivity index (χ0v) is 10.7. The smallest absolute Gasteiger partial charge is 0.196 e. The number of hydrogen-bond acceptors (Lipinski definition) is 5. The fourth-order valence-electron chi connectivity index (χ4n) is 2.07. The average Bonchev–Trinajstić information content (AvgIpc) is 2.83. The van der Waals surface area contributed by atoms with Gasteiger partial charge in [0.25, 0.3) is 0 Å². The van der Waals surface area contributed by atoms with Crippen molar-refractivity contribution in [3.63, 3.8) is 0 Å². The minimum Gasteiger partial charge on any atom is -0.450 e. The normalized spacial score (nSPS) is 11.2. The fraction of sp³-hybridized carbons (Fsp3) is 0.286. The number of hydrogen-bond donors (Lipinski definition) is 1. The Morgan fingerprint density at radius 1 is 1.26 bits per heavy atom. The molecular formula is C14H15N3O2. The number of benzene rings is 1. The largest absolute Gasteiger partial charge is 0.450 e. The number of ether oxygens (including phenoxy) is 1. The molecule has 98 valence electrons. The number of para-hydroxylation sites is 1. The SMILES string of the molecule is COCCCNc1ncnc2c1oc1ccccc12. The number of rotatable bonds is 5. The second kappa shape index (κ2) is 5.24. The molecule has 0 bridgehead atoms. The Morgan fingerprint density at radius 3 is 3.05 bits per heavy atom. The molecule has 0 spiro atoms. The van der Waals surface area contributed by atoms with Gasteiger partial charge in [0, 0.05) is 25.6 Å². The molecule has 5 nitrogen and oxygen atoms in total. The van der Waals surface area contributed by atoms with Crippen LogP contribution in [-0.4, -0.2) is 30.2 Å². The standard InChI is InChI=1S/C14H15N3O2/c1-18-8-4-7-15-14-13-12(16-9-17-14)10-5-2-3-6-11(10)19-13/h2-3,5-6,9H,4,7-8H2,1H3,(H,15,16,17). The summed E-state index contributed by atoms with van der Waals surface area (Å²) >= 11 is 0. The molecule has 0 amide bonds. The van der Waals surface area contributed by atoms with E-state index in [1.54, 1.807) is 13.4 Å². The molecule has 1 N–H and O–H groups in total. The molecule has 5 heteroatoms. The van der Waals surface area contributed by atoms with Gasteiger partial charge in [0.1, 0.15) is 17.4 Å². The lowest BCUT2D eigenvalue weighted by Gasteiger charge is -2.04. The summed E-state index contributed by atoms with van der Waals surface area (Å²) in [4.78, 5) is 8.55. The lowest BCUT2D eigenvalue weighted by Crippen LogP contribution is -2.06. The number of nitrogens with one attached hydrogen (secondary N) is 1. The molecule has 0 saturated heterocycles. The third kappa shape index (κ3) is 2.24. The van der Waals surface area contributed by atoms with Crippen LogP contribution in [0.3, 0.4) is 0 Å². The molecule has 0 aliphatic heterocycles. The monoisotopic (exact) mass is 257 g/mol. The van der Waals surface area contributed by atoms with Gasteiger partial charge in [0.2, 0.25) is 0 Å². The summed E-state index contributed by atoms with van der Waals surface area (Å²) in [5.74, 6) is 0.734. The van der Waals surface area contributed by atoms with Crippen molar-refractivity contribution in [2.45, 2.75) is 6.42 Å². The first kappa shape index (κ1) is 11.9. The van der Waals surface area contributed by atoms with E-state index in [2.05, 4.69) is 15.3 Å². The lowest BCUT2D eigenvalue weighted by atomic mass is 10.2. The van der Waals surface area contributed by atoms with Gasteiger partial charge in [-0.3, -0.25) is 0 Å². The highest BCUT2D eigenvalue weighted by atomic mass is 16.5. The number of aromatic nitrogens is 2. The fourth-order valence-corrected chi connectivity index (χ4v) is 2.07. The summed E-state index contributed by atoms with van der Waals surface area (Å²) in [6.45, 7) is 1.51. The van der Waals surface area contributed by atoms with Gasteiger partial charge in [-0.2, -0.15) is 0 Å². The predicted molar refractivity (Wildman–Crippen MR) is 74.3 cm³/mol. The van der Waals surface area contributed by atoms with E-state index in [0.29, 0.717) is 5.58 Å². The van der Waals surface area contributed by atoms with Crippen LogP contribution in [0.1, 0.15) is 6.42 Å². The van der Waals surface area contributed by atoms with E-state index >= 15 is 0 Å². The van der Waals surface area contributed by atoms with Gasteiger partial charge in [-0.15, -0.1) is 0 Å². The Balaban J connectivity index is 1.96. The van der Waals surface area contributed by atoms with E-state index in [-0.39, 0.29) is 0 Å². The zero-order chi connectivity index (χ0) is 13.1. The number of furan rings is 1. The predicted octanol–water partition coefficient (Wildman–Crippen LogP) is 2.82. The number of fused-ring (bicyclic) bond motifs is 3. The second-order valence-electron chi connectivity index (χ2n) is 4.27. The first-order valence-corrected chi connectivity index (χ1v) is 6.25. The summed E-state index contributed by atoms with van der Waals surface area (Å²) in [7, 11) is 1.70. The van der Waals surface area contributed by atoms with Crippen LogP contribution in [0.2, 0.25) is 0 Å². The zero-order valence-electron chi connectivity index (χ0n) is 10.7. The minimum atomic E-state index is 0.709. The van der Waals surface area contributed by atoms with Gasteiger partial charge in [-0.05, 0) is 18.6 Å². The third-order valence-corrected chi connectivity index (χ3v) is 2.98. The van der Waals surface area contributed by atoms with Crippen LogP contribution in [0.5, 0.6) is 0 Å². The maximum absolute atomic E-state index is 5.82. The minimum absolute atomic E-state index is 0.709. The van der Waals surface area contributed by atoms with Crippen LogP contribution in [0, 0.1) is 0 Å². The molecule has 2 aromatic heterocycles. The molecular weight excluding hydrogens is 242 g/mol. The maximum Gasteiger partial charge on any atom is 0.196 e. The Morgan fingerprint density at radius 2 is 2.16 bits per heavy atom. The first-order valence-electron chi connectivity index (χ1n) is 6.25. The van der Waals surface area contributed by atoms with E-state index in [1.807, 2.05) is 24.3 Å². The summed E-state index contributed by atoms with van der Waals surface area (Å²) in [5, 5.41) is 4.27.